The number of hydroxylamine groups is 4. The zero-order valence-electron chi connectivity index (χ0n) is 75.3. The fourth-order valence-corrected chi connectivity index (χ4v) is 17.1. The number of carbonyl (C=O) groups is 6. The van der Waals surface area contributed by atoms with Gasteiger partial charge in [0.2, 0.25) is 46.0 Å². The highest BCUT2D eigenvalue weighted by atomic mass is 16.8. The summed E-state index contributed by atoms with van der Waals surface area (Å²) in [7, 11) is 0. The maximum atomic E-state index is 17.0. The van der Waals surface area contributed by atoms with Crippen molar-refractivity contribution in [3.05, 3.63) is 214 Å². The van der Waals surface area contributed by atoms with Gasteiger partial charge in [0.1, 0.15) is 97.7 Å². The van der Waals surface area contributed by atoms with E-state index in [1.165, 1.54) is 149 Å². The Morgan fingerprint density at radius 3 is 0.662 bits per heavy atom. The number of amides is 6. The highest BCUT2D eigenvalue weighted by Crippen LogP contribution is 2.56. The number of ether oxygens (including phenoxy) is 4. The average molecular weight is 1970 g/mol. The van der Waals surface area contributed by atoms with Gasteiger partial charge in [-0.15, -0.1) is 0 Å². The molecule has 139 heavy (non-hydrogen) atoms. The second-order valence-corrected chi connectivity index (χ2v) is 34.4. The maximum absolute atomic E-state index is 17.0. The molecule has 4 saturated heterocycles. The third-order valence-corrected chi connectivity index (χ3v) is 25.4. The van der Waals surface area contributed by atoms with Gasteiger partial charge in [-0.25, -0.2) is 41.3 Å². The van der Waals surface area contributed by atoms with Crippen LogP contribution in [0.25, 0.3) is 0 Å². The molecule has 32 N–H and O–H groups in total. The Hall–Kier alpha value is -9.30. The van der Waals surface area contributed by atoms with Crippen LogP contribution in [0.2, 0.25) is 0 Å². The molecule has 0 spiro atoms. The minimum atomic E-state index is -4.46. The van der Waals surface area contributed by atoms with Gasteiger partial charge in [0, 0.05) is 36.8 Å². The average Bonchev–Trinajstić information content (AvgIpc) is 0.679. The predicted octanol–water partition coefficient (Wildman–Crippen LogP) is -10.7. The summed E-state index contributed by atoms with van der Waals surface area (Å²) < 4.78 is 25.1. The Labute approximate surface area is 792 Å². The normalized spacial score (nSPS) is 31.9. The number of hydrogen-bond donors (Lipinski definition) is 32. The van der Waals surface area contributed by atoms with Crippen LogP contribution in [0.1, 0.15) is 107 Å². The Morgan fingerprint density at radius 2 is 0.489 bits per heavy atom. The standard InChI is InChI=1S/C91H122N6O42/c1-5-54(102)62(106)70(114)78(122)92-136-84(38-48-21-13-9-14-22-48)88(128,74(118)66(110)58(42-98)132-84)96(89(129)75(119)67(111)59(43-99)133-85(89,39-49-23-15-10-16-24-49)137-93-79(123)71(115)63(107)55(103)6-2)82(126)52-33-29-46(30-34-52)37-47-31-35-53(36-32-47)83(127)97(90(130)76(120)68(112)60(44-100)134-86(90,40-50-25-17-11-18-26-50)138-94-80(124)72(116)64(108)56(104)7-3)91(131)77(121)69(113)61(45-101)135-87(91,41-51-27-19-12-20-28-51)139-95-81(125)73(117)65(109)57(105)8-4/h9-36,54-77,98-121,128-131H,5-8,37-45H2,1-4H3,(H,92,122)(H,93,123)(H,94,124)(H,95,125)/t54-,55-,56-,57-,58-,59-,60-,61-,62+,63+,64+,65+,66-,67-,68-,69-,70+,71+,72+,73+,74+,75+,76+,77+,84-,85-,86-,87-,88+,89+,90+,91+/m1/s1. The summed E-state index contributed by atoms with van der Waals surface area (Å²) in [6.07, 6.45) is -68.3. The van der Waals surface area contributed by atoms with Gasteiger partial charge in [-0.1, -0.05) is 173 Å². The highest BCUT2D eigenvalue weighted by Gasteiger charge is 2.82. The van der Waals surface area contributed by atoms with Gasteiger partial charge in [-0.3, -0.25) is 38.6 Å². The molecule has 10 rings (SSSR count). The van der Waals surface area contributed by atoms with Gasteiger partial charge in [-0.05, 0) is 89.8 Å². The van der Waals surface area contributed by atoms with Crippen LogP contribution in [-0.4, -0.2) is 407 Å². The highest BCUT2D eigenvalue weighted by molar-refractivity contribution is 5.96. The van der Waals surface area contributed by atoms with Gasteiger partial charge in [-0.2, -0.15) is 0 Å². The molecule has 6 aromatic carbocycles. The van der Waals surface area contributed by atoms with Crippen LogP contribution in [0.5, 0.6) is 0 Å². The van der Waals surface area contributed by atoms with Crippen LogP contribution in [0.15, 0.2) is 170 Å². The molecule has 4 aliphatic heterocycles. The van der Waals surface area contributed by atoms with E-state index in [0.717, 1.165) is 48.5 Å². The van der Waals surface area contributed by atoms with E-state index in [9.17, 15) is 162 Å². The molecule has 0 saturated carbocycles. The first-order valence-corrected chi connectivity index (χ1v) is 44.3. The number of rotatable bonds is 44. The van der Waals surface area contributed by atoms with Gasteiger partial charge in [0.25, 0.3) is 35.4 Å². The van der Waals surface area contributed by atoms with E-state index >= 15 is 9.59 Å². The third kappa shape index (κ3) is 22.0. The van der Waals surface area contributed by atoms with Crippen LogP contribution in [-0.2, 0) is 89.6 Å². The summed E-state index contributed by atoms with van der Waals surface area (Å²) in [6, 6.07) is 34.4. The Bertz CT molecular complexity index is 4440. The zero-order chi connectivity index (χ0) is 103. The summed E-state index contributed by atoms with van der Waals surface area (Å²) in [5.41, 5.74) is -13.3. The molecule has 4 fully saturated rings. The van der Waals surface area contributed by atoms with Crippen molar-refractivity contribution in [2.75, 3.05) is 26.4 Å². The third-order valence-electron chi connectivity index (χ3n) is 25.4. The maximum Gasteiger partial charge on any atom is 0.275 e. The second kappa shape index (κ2) is 46.8. The molecule has 768 valence electrons. The van der Waals surface area contributed by atoms with E-state index < -0.39 is 298 Å². The summed E-state index contributed by atoms with van der Waals surface area (Å²) in [5, 5.41) is 336. The Morgan fingerprint density at radius 1 is 0.302 bits per heavy atom. The SMILES string of the molecule is CC[C@@H](O)[C@H](O)[C@H](O)C(=O)NO[C@@]1(Cc2ccccc2)O[C@H](CO)[C@@H](O)[C@H](O)[C@@]1(O)N(C(=O)c1ccc(Cc2ccc(C(=O)N([C@]3(O)[C@@H](O)[C@H](O)[C@@H](CO)O[C@]3(Cc3ccccc3)ONC(=O)[C@@H](O)[C@@H](O)[C@H](O)CC)[C@]3(O)[C@@H](O)[C@H](O)[C@@H](CO)O[C@]3(Cc3ccccc3)ONC(=O)[C@@H](O)[C@@H](O)[C@H](O)CC)cc2)cc1)[C@]1(O)[C@@H](O)[C@H](O)[C@@H](CO)O[C@]1(Cc1ccccc1)ONC(=O)[C@@H](O)[C@@H](O)[C@H](O)CC. The number of benzene rings is 6. The number of hydrogen-bond acceptors (Lipinski definition) is 42. The first-order valence-electron chi connectivity index (χ1n) is 44.3. The molecule has 4 aliphatic rings. The molecule has 0 bridgehead atoms. The second-order valence-electron chi connectivity index (χ2n) is 34.4. The molecule has 0 aliphatic carbocycles. The molecule has 4 heterocycles. The van der Waals surface area contributed by atoms with Crippen molar-refractivity contribution in [1.29, 1.82) is 0 Å². The summed E-state index contributed by atoms with van der Waals surface area (Å²) in [6.45, 7) is -0.332. The molecule has 32 atom stereocenters. The first-order chi connectivity index (χ1) is 65.7. The molecule has 0 aromatic heterocycles. The largest absolute Gasteiger partial charge is 0.394 e. The van der Waals surface area contributed by atoms with Crippen molar-refractivity contribution in [1.82, 2.24) is 31.7 Å². The quantitative estimate of drug-likeness (QED) is 0.0125. The molecule has 0 unspecified atom stereocenters. The van der Waals surface area contributed by atoms with E-state index in [-0.39, 0.29) is 68.9 Å². The summed E-state index contributed by atoms with van der Waals surface area (Å²) in [5.74, 6) is -26.5. The van der Waals surface area contributed by atoms with Crippen molar-refractivity contribution in [3.63, 3.8) is 0 Å². The fraction of sp³-hybridized carbons (Fsp3) is 0.538. The van der Waals surface area contributed by atoms with Crippen LogP contribution in [0.4, 0.5) is 0 Å². The predicted molar refractivity (Wildman–Crippen MR) is 465 cm³/mol. The summed E-state index contributed by atoms with van der Waals surface area (Å²) >= 11 is 0. The zero-order valence-corrected chi connectivity index (χ0v) is 75.3. The van der Waals surface area contributed by atoms with Crippen LogP contribution in [0.3, 0.4) is 0 Å². The minimum Gasteiger partial charge on any atom is -0.394 e. The van der Waals surface area contributed by atoms with Crippen LogP contribution in [0, 0.1) is 0 Å². The lowest BCUT2D eigenvalue weighted by Gasteiger charge is -2.65. The molecule has 6 amide bonds. The van der Waals surface area contributed by atoms with Crippen molar-refractivity contribution in [2.24, 2.45) is 0 Å². The number of nitrogens with zero attached hydrogens (tertiary/aromatic N) is 2. The minimum absolute atomic E-state index is 0.0365. The van der Waals surface area contributed by atoms with E-state index in [1.54, 1.807) is 21.9 Å². The number of aliphatic hydroxyl groups excluding tert-OH is 24. The smallest absolute Gasteiger partial charge is 0.275 e. The lowest BCUT2D eigenvalue weighted by molar-refractivity contribution is -0.494. The van der Waals surface area contributed by atoms with Gasteiger partial charge < -0.3 is 162 Å². The Balaban J connectivity index is 1.20. The van der Waals surface area contributed by atoms with E-state index in [4.69, 9.17) is 38.3 Å². The first kappa shape index (κ1) is 112. The van der Waals surface area contributed by atoms with E-state index in [1.807, 2.05) is 0 Å². The van der Waals surface area contributed by atoms with Crippen molar-refractivity contribution >= 4 is 35.4 Å². The molecular formula is C91H122N6O42. The lowest BCUT2D eigenvalue weighted by atomic mass is 9.75. The van der Waals surface area contributed by atoms with Crippen molar-refractivity contribution < 1.29 is 210 Å². The molecule has 48 heteroatoms. The molecule has 6 aromatic rings. The van der Waals surface area contributed by atoms with Crippen LogP contribution < -0.4 is 21.9 Å². The topological polar surface area (TPSA) is 797 Å². The van der Waals surface area contributed by atoms with Crippen LogP contribution >= 0.6 is 0 Å². The molecule has 48 nitrogen and oxygen atoms in total. The lowest BCUT2D eigenvalue weighted by Crippen LogP contribution is -2.90. The number of carbonyl (C=O) groups excluding carboxylic acids is 6. The molecular weight excluding hydrogens is 1850 g/mol. The van der Waals surface area contributed by atoms with Gasteiger partial charge >= 0.3 is 0 Å². The van der Waals surface area contributed by atoms with Gasteiger partial charge in [0.15, 0.2) is 24.4 Å². The van der Waals surface area contributed by atoms with E-state index in [2.05, 4.69) is 0 Å². The van der Waals surface area contributed by atoms with E-state index in [0.29, 0.717) is 0 Å². The molecule has 0 radical (unpaired) electrons. The summed E-state index contributed by atoms with van der Waals surface area (Å²) in [4.78, 5) is 114. The number of aliphatic hydroxyl groups is 28. The monoisotopic (exact) mass is 1970 g/mol. The Kier molecular flexibility index (Phi) is 37.6. The number of nitrogens with one attached hydrogen (secondary N) is 4. The van der Waals surface area contributed by atoms with Crippen molar-refractivity contribution in [2.45, 2.75) is 278 Å². The van der Waals surface area contributed by atoms with Gasteiger partial charge in [0.05, 0.1) is 50.8 Å². The fourth-order valence-electron chi connectivity index (χ4n) is 17.1. The van der Waals surface area contributed by atoms with Crippen molar-refractivity contribution in [3.8, 4) is 0 Å².